The van der Waals surface area contributed by atoms with E-state index in [1.54, 1.807) is 12.4 Å². The van der Waals surface area contributed by atoms with E-state index in [1.165, 1.54) is 0 Å². The zero-order valence-corrected chi connectivity index (χ0v) is 17.0. The van der Waals surface area contributed by atoms with Gasteiger partial charge in [-0.25, -0.2) is 4.79 Å². The van der Waals surface area contributed by atoms with Crippen molar-refractivity contribution in [1.82, 2.24) is 9.88 Å². The van der Waals surface area contributed by atoms with Crippen LogP contribution in [0.25, 0.3) is 0 Å². The zero-order chi connectivity index (χ0) is 22.4. The van der Waals surface area contributed by atoms with Gasteiger partial charge in [0.25, 0.3) is 0 Å². The van der Waals surface area contributed by atoms with Crippen molar-refractivity contribution in [2.45, 2.75) is 44.9 Å². The summed E-state index contributed by atoms with van der Waals surface area (Å²) in [5, 5.41) is 7.12. The van der Waals surface area contributed by atoms with Crippen molar-refractivity contribution in [3.63, 3.8) is 0 Å². The number of pyridine rings is 1. The van der Waals surface area contributed by atoms with Gasteiger partial charge in [0.2, 0.25) is 5.91 Å². The highest BCUT2D eigenvalue weighted by molar-refractivity contribution is 5.77. The van der Waals surface area contributed by atoms with Crippen LogP contribution in [0.2, 0.25) is 0 Å². The SMILES string of the molecule is CC(C)CCC(=O)N1CC2(C1)OCCC2COc1cccnc1.O=C(O)C(F)(F)F. The van der Waals surface area contributed by atoms with Crippen molar-refractivity contribution in [3.8, 4) is 5.75 Å². The fourth-order valence-corrected chi connectivity index (χ4v) is 3.35. The molecule has 3 rings (SSSR count). The molecule has 1 aromatic rings. The Balaban J connectivity index is 0.000000396. The molecule has 168 valence electrons. The minimum atomic E-state index is -5.08. The molecule has 1 N–H and O–H groups in total. The summed E-state index contributed by atoms with van der Waals surface area (Å²) < 4.78 is 43.6. The van der Waals surface area contributed by atoms with Gasteiger partial charge < -0.3 is 19.5 Å². The molecule has 7 nitrogen and oxygen atoms in total. The van der Waals surface area contributed by atoms with E-state index in [4.69, 9.17) is 19.4 Å². The molecule has 2 fully saturated rings. The lowest BCUT2D eigenvalue weighted by molar-refractivity contribution is -0.192. The van der Waals surface area contributed by atoms with E-state index in [0.717, 1.165) is 25.2 Å². The van der Waals surface area contributed by atoms with Crippen molar-refractivity contribution in [1.29, 1.82) is 0 Å². The summed E-state index contributed by atoms with van der Waals surface area (Å²) in [6, 6.07) is 3.78. The van der Waals surface area contributed by atoms with E-state index < -0.39 is 12.1 Å². The topological polar surface area (TPSA) is 89.0 Å². The van der Waals surface area contributed by atoms with Gasteiger partial charge in [0.15, 0.2) is 0 Å². The largest absolute Gasteiger partial charge is 0.492 e. The standard InChI is InChI=1S/C18H26N2O3.C2HF3O2/c1-14(2)5-6-17(21)20-12-18(13-20)15(7-9-23-18)11-22-16-4-3-8-19-10-16;3-2(4,5)1(6)7/h3-4,8,10,14-15H,5-7,9,11-13H2,1-2H3;(H,6,7). The van der Waals surface area contributed by atoms with Crippen LogP contribution < -0.4 is 4.74 Å². The summed E-state index contributed by atoms with van der Waals surface area (Å²) >= 11 is 0. The van der Waals surface area contributed by atoms with Crippen molar-refractivity contribution >= 4 is 11.9 Å². The number of alkyl halides is 3. The second-order valence-corrected chi connectivity index (χ2v) is 7.88. The molecule has 1 atom stereocenters. The Bertz CT molecular complexity index is 706. The number of hydrogen-bond acceptors (Lipinski definition) is 5. The third-order valence-electron chi connectivity index (χ3n) is 5.13. The van der Waals surface area contributed by atoms with Crippen LogP contribution in [0.3, 0.4) is 0 Å². The van der Waals surface area contributed by atoms with Crippen LogP contribution in [0.1, 0.15) is 33.1 Å². The molecule has 0 saturated carbocycles. The van der Waals surface area contributed by atoms with Gasteiger partial charge >= 0.3 is 12.1 Å². The summed E-state index contributed by atoms with van der Waals surface area (Å²) in [5.41, 5.74) is -0.185. The van der Waals surface area contributed by atoms with E-state index in [-0.39, 0.29) is 11.5 Å². The minimum Gasteiger partial charge on any atom is -0.492 e. The van der Waals surface area contributed by atoms with Crippen LogP contribution in [0.15, 0.2) is 24.5 Å². The molecular weight excluding hydrogens is 405 g/mol. The molecule has 1 amide bonds. The summed E-state index contributed by atoms with van der Waals surface area (Å²) in [4.78, 5) is 27.1. The Morgan fingerprint density at radius 3 is 2.60 bits per heavy atom. The number of likely N-dealkylation sites (tertiary alicyclic amines) is 1. The molecule has 0 bridgehead atoms. The highest BCUT2D eigenvalue weighted by Crippen LogP contribution is 2.40. The molecule has 10 heteroatoms. The average molecular weight is 432 g/mol. The average Bonchev–Trinajstić information content (AvgIpc) is 3.08. The summed E-state index contributed by atoms with van der Waals surface area (Å²) in [5.74, 6) is -0.799. The first kappa shape index (κ1) is 23.9. The van der Waals surface area contributed by atoms with Crippen LogP contribution in [0.4, 0.5) is 13.2 Å². The maximum atomic E-state index is 12.2. The summed E-state index contributed by atoms with van der Waals surface area (Å²) in [7, 11) is 0. The van der Waals surface area contributed by atoms with E-state index in [0.29, 0.717) is 38.0 Å². The zero-order valence-electron chi connectivity index (χ0n) is 17.0. The van der Waals surface area contributed by atoms with Crippen LogP contribution in [-0.2, 0) is 14.3 Å². The first-order chi connectivity index (χ1) is 14.0. The van der Waals surface area contributed by atoms with E-state index >= 15 is 0 Å². The lowest BCUT2D eigenvalue weighted by atomic mass is 9.81. The molecule has 2 aliphatic rings. The highest BCUT2D eigenvalue weighted by Gasteiger charge is 2.54. The van der Waals surface area contributed by atoms with Crippen LogP contribution >= 0.6 is 0 Å². The maximum absolute atomic E-state index is 12.2. The molecule has 2 saturated heterocycles. The molecule has 2 aliphatic heterocycles. The van der Waals surface area contributed by atoms with Crippen molar-refractivity contribution in [3.05, 3.63) is 24.5 Å². The minimum absolute atomic E-state index is 0.185. The van der Waals surface area contributed by atoms with E-state index in [9.17, 15) is 18.0 Å². The fraction of sp³-hybridized carbons (Fsp3) is 0.650. The Kier molecular flexibility index (Phi) is 8.05. The third kappa shape index (κ3) is 6.58. The number of rotatable bonds is 6. The van der Waals surface area contributed by atoms with Crippen LogP contribution in [0.5, 0.6) is 5.75 Å². The first-order valence-corrected chi connectivity index (χ1v) is 9.78. The lowest BCUT2D eigenvalue weighted by Gasteiger charge is -2.50. The molecule has 30 heavy (non-hydrogen) atoms. The van der Waals surface area contributed by atoms with Crippen molar-refractivity contribution < 1.29 is 37.3 Å². The van der Waals surface area contributed by atoms with E-state index in [2.05, 4.69) is 18.8 Å². The predicted octanol–water partition coefficient (Wildman–Crippen LogP) is 3.15. The molecule has 1 aromatic heterocycles. The normalized spacial score (nSPS) is 19.8. The van der Waals surface area contributed by atoms with Crippen LogP contribution in [-0.4, -0.2) is 64.9 Å². The van der Waals surface area contributed by atoms with Gasteiger partial charge in [-0.15, -0.1) is 0 Å². The fourth-order valence-electron chi connectivity index (χ4n) is 3.35. The van der Waals surface area contributed by atoms with Crippen molar-refractivity contribution in [2.24, 2.45) is 11.8 Å². The number of nitrogens with zero attached hydrogens (tertiary/aromatic N) is 2. The van der Waals surface area contributed by atoms with Gasteiger partial charge in [-0.3, -0.25) is 9.78 Å². The van der Waals surface area contributed by atoms with Gasteiger partial charge in [0, 0.05) is 25.1 Å². The number of carbonyl (C=O) groups is 2. The summed E-state index contributed by atoms with van der Waals surface area (Å²) in [6.07, 6.45) is 0.972. The lowest BCUT2D eigenvalue weighted by Crippen LogP contribution is -2.66. The van der Waals surface area contributed by atoms with Gasteiger partial charge in [-0.2, -0.15) is 13.2 Å². The number of carboxylic acid groups (broad SMARTS) is 1. The maximum Gasteiger partial charge on any atom is 0.490 e. The Morgan fingerprint density at radius 2 is 2.07 bits per heavy atom. The van der Waals surface area contributed by atoms with Crippen LogP contribution in [0, 0.1) is 11.8 Å². The molecule has 0 aromatic carbocycles. The van der Waals surface area contributed by atoms with Gasteiger partial charge in [-0.1, -0.05) is 13.8 Å². The molecule has 0 aliphatic carbocycles. The number of halogens is 3. The quantitative estimate of drug-likeness (QED) is 0.743. The number of hydrogen-bond donors (Lipinski definition) is 1. The Hall–Kier alpha value is -2.36. The highest BCUT2D eigenvalue weighted by atomic mass is 19.4. The summed E-state index contributed by atoms with van der Waals surface area (Å²) in [6.45, 7) is 7.11. The predicted molar refractivity (Wildman–Crippen MR) is 101 cm³/mol. The van der Waals surface area contributed by atoms with Crippen molar-refractivity contribution in [2.75, 3.05) is 26.3 Å². The number of carboxylic acids is 1. The molecular formula is C20H27F3N2O5. The number of aromatic nitrogens is 1. The number of carbonyl (C=O) groups excluding carboxylic acids is 1. The molecule has 1 unspecified atom stereocenters. The van der Waals surface area contributed by atoms with Gasteiger partial charge in [0.05, 0.1) is 25.9 Å². The third-order valence-corrected chi connectivity index (χ3v) is 5.13. The molecule has 0 radical (unpaired) electrons. The smallest absolute Gasteiger partial charge is 0.490 e. The number of amides is 1. The van der Waals surface area contributed by atoms with E-state index in [1.807, 2.05) is 17.0 Å². The number of ether oxygens (including phenoxy) is 2. The Morgan fingerprint density at radius 1 is 1.40 bits per heavy atom. The second-order valence-electron chi connectivity index (χ2n) is 7.88. The first-order valence-electron chi connectivity index (χ1n) is 9.78. The van der Waals surface area contributed by atoms with Gasteiger partial charge in [0.1, 0.15) is 11.4 Å². The monoisotopic (exact) mass is 432 g/mol. The number of aliphatic carboxylic acids is 1. The molecule has 1 spiro atoms. The Labute approximate surface area is 173 Å². The van der Waals surface area contributed by atoms with Gasteiger partial charge in [-0.05, 0) is 30.9 Å². The second kappa shape index (κ2) is 10.1. The molecule has 3 heterocycles.